The van der Waals surface area contributed by atoms with E-state index in [1.807, 2.05) is 0 Å². The predicted molar refractivity (Wildman–Crippen MR) is 72.6 cm³/mol. The van der Waals surface area contributed by atoms with Crippen molar-refractivity contribution in [3.05, 3.63) is 0 Å². The summed E-state index contributed by atoms with van der Waals surface area (Å²) in [6, 6.07) is 0. The van der Waals surface area contributed by atoms with Crippen molar-refractivity contribution in [3.8, 4) is 0 Å². The third-order valence-electron chi connectivity index (χ3n) is 3.03. The van der Waals surface area contributed by atoms with Gasteiger partial charge in [-0.15, -0.1) is 0 Å². The van der Waals surface area contributed by atoms with Crippen LogP contribution >= 0.6 is 0 Å². The molecular formula is C15H32O. The summed E-state index contributed by atoms with van der Waals surface area (Å²) in [6.07, 6.45) is 8.16. The number of aliphatic hydroxyl groups is 1. The van der Waals surface area contributed by atoms with E-state index < -0.39 is 0 Å². The second-order valence-corrected chi connectivity index (χ2v) is 6.61. The molecule has 0 aliphatic heterocycles. The molecule has 0 aromatic heterocycles. The first-order chi connectivity index (χ1) is 7.35. The molecule has 0 amide bonds. The maximum absolute atomic E-state index is 9.92. The van der Waals surface area contributed by atoms with Gasteiger partial charge in [0.1, 0.15) is 0 Å². The maximum atomic E-state index is 9.92. The van der Waals surface area contributed by atoms with E-state index in [0.29, 0.717) is 11.3 Å². The molecule has 98 valence electrons. The average molecular weight is 228 g/mol. The quantitative estimate of drug-likeness (QED) is 0.593. The number of unbranched alkanes of at least 4 members (excludes halogenated alkanes) is 3. The van der Waals surface area contributed by atoms with Crippen LogP contribution in [0.1, 0.15) is 79.6 Å². The summed E-state index contributed by atoms with van der Waals surface area (Å²) in [5.74, 6) is 0.640. The van der Waals surface area contributed by atoms with Crippen molar-refractivity contribution in [2.24, 2.45) is 11.3 Å². The molecule has 1 heteroatoms. The van der Waals surface area contributed by atoms with E-state index in [-0.39, 0.29) is 6.10 Å². The lowest BCUT2D eigenvalue weighted by atomic mass is 9.83. The maximum Gasteiger partial charge on any atom is 0.0542 e. The summed E-state index contributed by atoms with van der Waals surface area (Å²) in [4.78, 5) is 0. The van der Waals surface area contributed by atoms with E-state index >= 15 is 0 Å². The number of hydrogen-bond donors (Lipinski definition) is 1. The summed E-state index contributed by atoms with van der Waals surface area (Å²) >= 11 is 0. The average Bonchev–Trinajstić information content (AvgIpc) is 2.09. The summed E-state index contributed by atoms with van der Waals surface area (Å²) < 4.78 is 0. The molecule has 0 saturated carbocycles. The smallest absolute Gasteiger partial charge is 0.0542 e. The van der Waals surface area contributed by atoms with Crippen molar-refractivity contribution < 1.29 is 5.11 Å². The molecule has 0 bridgehead atoms. The zero-order chi connectivity index (χ0) is 12.6. The van der Waals surface area contributed by atoms with E-state index in [9.17, 15) is 5.11 Å². The monoisotopic (exact) mass is 228 g/mol. The van der Waals surface area contributed by atoms with Gasteiger partial charge in [-0.2, -0.15) is 0 Å². The summed E-state index contributed by atoms with van der Waals surface area (Å²) in [6.45, 7) is 11.3. The number of rotatable bonds is 8. The van der Waals surface area contributed by atoms with Crippen molar-refractivity contribution in [1.29, 1.82) is 0 Å². The topological polar surface area (TPSA) is 20.2 Å². The van der Waals surface area contributed by atoms with E-state index in [4.69, 9.17) is 0 Å². The zero-order valence-electron chi connectivity index (χ0n) is 12.1. The second kappa shape index (κ2) is 8.11. The van der Waals surface area contributed by atoms with Crippen LogP contribution in [0, 0.1) is 11.3 Å². The van der Waals surface area contributed by atoms with E-state index in [1.54, 1.807) is 0 Å². The largest absolute Gasteiger partial charge is 0.393 e. The molecule has 2 atom stereocenters. The number of hydrogen-bond acceptors (Lipinski definition) is 1. The minimum absolute atomic E-state index is 0.0748. The van der Waals surface area contributed by atoms with Crippen LogP contribution in [-0.4, -0.2) is 11.2 Å². The molecule has 0 saturated heterocycles. The third kappa shape index (κ3) is 10.5. The first-order valence-electron chi connectivity index (χ1n) is 7.03. The van der Waals surface area contributed by atoms with Crippen LogP contribution < -0.4 is 0 Å². The highest BCUT2D eigenvalue weighted by Crippen LogP contribution is 2.27. The van der Waals surface area contributed by atoms with E-state index in [1.165, 1.54) is 32.1 Å². The molecule has 0 spiro atoms. The molecule has 0 heterocycles. The van der Waals surface area contributed by atoms with Gasteiger partial charge in [-0.3, -0.25) is 0 Å². The van der Waals surface area contributed by atoms with Gasteiger partial charge >= 0.3 is 0 Å². The van der Waals surface area contributed by atoms with Gasteiger partial charge in [0.05, 0.1) is 6.10 Å². The Labute approximate surface area is 103 Å². The summed E-state index contributed by atoms with van der Waals surface area (Å²) in [7, 11) is 0. The fraction of sp³-hybridized carbons (Fsp3) is 1.00. The van der Waals surface area contributed by atoms with Crippen LogP contribution in [0.15, 0.2) is 0 Å². The lowest BCUT2D eigenvalue weighted by molar-refractivity contribution is 0.121. The first kappa shape index (κ1) is 16.0. The van der Waals surface area contributed by atoms with Crippen molar-refractivity contribution in [3.63, 3.8) is 0 Å². The van der Waals surface area contributed by atoms with Crippen LogP contribution in [0.25, 0.3) is 0 Å². The fourth-order valence-corrected chi connectivity index (χ4v) is 2.52. The van der Waals surface area contributed by atoms with Crippen molar-refractivity contribution in [2.45, 2.75) is 85.7 Å². The standard InChI is InChI=1S/C15H32O/c1-6-7-8-9-10-14(16)11-13(2)12-15(3,4)5/h13-14,16H,6-12H2,1-5H3. The Bertz CT molecular complexity index is 157. The van der Waals surface area contributed by atoms with Crippen molar-refractivity contribution >= 4 is 0 Å². The Hall–Kier alpha value is -0.0400. The van der Waals surface area contributed by atoms with Gasteiger partial charge in [0.2, 0.25) is 0 Å². The SMILES string of the molecule is CCCCCCC(O)CC(C)CC(C)(C)C. The van der Waals surface area contributed by atoms with Gasteiger partial charge in [-0.1, -0.05) is 60.3 Å². The van der Waals surface area contributed by atoms with Crippen molar-refractivity contribution in [1.82, 2.24) is 0 Å². The lowest BCUT2D eigenvalue weighted by Crippen LogP contribution is -2.17. The lowest BCUT2D eigenvalue weighted by Gasteiger charge is -2.24. The van der Waals surface area contributed by atoms with Gasteiger partial charge in [0, 0.05) is 0 Å². The van der Waals surface area contributed by atoms with E-state index in [0.717, 1.165) is 12.8 Å². The van der Waals surface area contributed by atoms with Crippen LogP contribution in [0.5, 0.6) is 0 Å². The summed E-state index contributed by atoms with van der Waals surface area (Å²) in [5.41, 5.74) is 0.390. The first-order valence-corrected chi connectivity index (χ1v) is 7.03. The molecule has 2 unspecified atom stereocenters. The molecule has 0 rings (SSSR count). The Morgan fingerprint density at radius 1 is 1.06 bits per heavy atom. The molecule has 0 radical (unpaired) electrons. The van der Waals surface area contributed by atoms with Gasteiger partial charge < -0.3 is 5.11 Å². The molecule has 1 nitrogen and oxygen atoms in total. The van der Waals surface area contributed by atoms with Crippen LogP contribution in [0.4, 0.5) is 0 Å². The normalized spacial score (nSPS) is 16.1. The molecule has 0 aromatic rings. The molecule has 0 aliphatic rings. The second-order valence-electron chi connectivity index (χ2n) is 6.61. The molecule has 0 aromatic carbocycles. The Morgan fingerprint density at radius 3 is 2.19 bits per heavy atom. The Kier molecular flexibility index (Phi) is 8.09. The molecule has 0 fully saturated rings. The Morgan fingerprint density at radius 2 is 1.69 bits per heavy atom. The van der Waals surface area contributed by atoms with Crippen LogP contribution in [0.2, 0.25) is 0 Å². The van der Waals surface area contributed by atoms with Crippen LogP contribution in [0.3, 0.4) is 0 Å². The van der Waals surface area contributed by atoms with Gasteiger partial charge in [-0.25, -0.2) is 0 Å². The molecule has 1 N–H and O–H groups in total. The zero-order valence-corrected chi connectivity index (χ0v) is 12.1. The van der Waals surface area contributed by atoms with Gasteiger partial charge in [0.15, 0.2) is 0 Å². The molecule has 16 heavy (non-hydrogen) atoms. The Balaban J connectivity index is 3.58. The van der Waals surface area contributed by atoms with E-state index in [2.05, 4.69) is 34.6 Å². The highest BCUT2D eigenvalue weighted by atomic mass is 16.3. The minimum atomic E-state index is -0.0748. The third-order valence-corrected chi connectivity index (χ3v) is 3.03. The molecular weight excluding hydrogens is 196 g/mol. The van der Waals surface area contributed by atoms with Gasteiger partial charge in [0.25, 0.3) is 0 Å². The fourth-order valence-electron chi connectivity index (χ4n) is 2.52. The predicted octanol–water partition coefficient (Wildman–Crippen LogP) is 4.78. The number of aliphatic hydroxyl groups excluding tert-OH is 1. The van der Waals surface area contributed by atoms with Gasteiger partial charge in [-0.05, 0) is 30.6 Å². The molecule has 0 aliphatic carbocycles. The highest BCUT2D eigenvalue weighted by Gasteiger charge is 2.17. The highest BCUT2D eigenvalue weighted by molar-refractivity contribution is 4.69. The minimum Gasteiger partial charge on any atom is -0.393 e. The van der Waals surface area contributed by atoms with Crippen molar-refractivity contribution in [2.75, 3.05) is 0 Å². The van der Waals surface area contributed by atoms with Crippen LogP contribution in [-0.2, 0) is 0 Å². The summed E-state index contributed by atoms with van der Waals surface area (Å²) in [5, 5.41) is 9.92.